The van der Waals surface area contributed by atoms with Gasteiger partial charge in [-0.05, 0) is 42.3 Å². The number of carbonyl (C=O) groups excluding carboxylic acids is 1. The van der Waals surface area contributed by atoms with Crippen molar-refractivity contribution in [1.29, 1.82) is 0 Å². The third-order valence-corrected chi connectivity index (χ3v) is 6.63. The minimum absolute atomic E-state index is 0.0228. The Labute approximate surface area is 227 Å². The molecule has 2 heterocycles. The van der Waals surface area contributed by atoms with Crippen molar-refractivity contribution in [3.8, 4) is 11.5 Å². The van der Waals surface area contributed by atoms with E-state index >= 15 is 0 Å². The number of amides is 1. The molecule has 8 nitrogen and oxygen atoms in total. The highest BCUT2D eigenvalue weighted by Crippen LogP contribution is 2.37. The lowest BCUT2D eigenvalue weighted by atomic mass is 9.77. The molecule has 0 radical (unpaired) electrons. The summed E-state index contributed by atoms with van der Waals surface area (Å²) in [6, 6.07) is 13.4. The van der Waals surface area contributed by atoms with Gasteiger partial charge in [0.1, 0.15) is 11.2 Å². The second-order valence-electron chi connectivity index (χ2n) is 9.43. The van der Waals surface area contributed by atoms with Crippen LogP contribution < -0.4 is 14.8 Å². The summed E-state index contributed by atoms with van der Waals surface area (Å²) < 4.78 is 16.9. The molecule has 1 aromatic heterocycles. The van der Waals surface area contributed by atoms with Gasteiger partial charge in [-0.15, -0.1) is 0 Å². The normalized spacial score (nSPS) is 19.9. The number of nitrogens with zero attached hydrogens (tertiary/aromatic N) is 3. The molecule has 8 heteroatoms. The Hall–Kier alpha value is -4.85. The van der Waals surface area contributed by atoms with E-state index in [-0.39, 0.29) is 17.6 Å². The first-order valence-electron chi connectivity index (χ1n) is 12.6. The van der Waals surface area contributed by atoms with Crippen LogP contribution in [0.1, 0.15) is 28.8 Å². The van der Waals surface area contributed by atoms with Gasteiger partial charge in [0.05, 0.1) is 7.11 Å². The van der Waals surface area contributed by atoms with E-state index in [1.807, 2.05) is 79.0 Å². The van der Waals surface area contributed by atoms with Crippen LogP contribution in [0.2, 0.25) is 0 Å². The number of rotatable bonds is 7. The van der Waals surface area contributed by atoms with Crippen molar-refractivity contribution in [1.82, 2.24) is 15.0 Å². The quantitative estimate of drug-likeness (QED) is 0.397. The zero-order valence-electron chi connectivity index (χ0n) is 22.3. The molecule has 0 saturated carbocycles. The van der Waals surface area contributed by atoms with Crippen LogP contribution >= 0.6 is 0 Å². The summed E-state index contributed by atoms with van der Waals surface area (Å²) in [4.78, 5) is 20.2. The molecule has 1 amide bonds. The predicted molar refractivity (Wildman–Crippen MR) is 149 cm³/mol. The first kappa shape index (κ1) is 25.8. The Kier molecular flexibility index (Phi) is 7.19. The molecule has 2 aromatic carbocycles. The van der Waals surface area contributed by atoms with Crippen LogP contribution in [-0.4, -0.2) is 35.1 Å². The van der Waals surface area contributed by atoms with E-state index in [1.165, 1.54) is 11.1 Å². The van der Waals surface area contributed by atoms with Gasteiger partial charge in [0.15, 0.2) is 17.3 Å². The topological polar surface area (TPSA) is 89.7 Å². The zero-order valence-corrected chi connectivity index (χ0v) is 22.3. The second kappa shape index (κ2) is 10.9. The molecule has 0 atom stereocenters. The number of benzene rings is 2. The first-order valence-corrected chi connectivity index (χ1v) is 12.6. The Balaban J connectivity index is 1.44. The Morgan fingerprint density at radius 2 is 1.87 bits per heavy atom. The minimum atomic E-state index is -1.25. The van der Waals surface area contributed by atoms with Crippen LogP contribution in [0.4, 0.5) is 5.69 Å². The van der Waals surface area contributed by atoms with Crippen LogP contribution in [0.5, 0.6) is 11.5 Å². The minimum Gasteiger partial charge on any atom is -0.493 e. The van der Waals surface area contributed by atoms with Gasteiger partial charge in [-0.2, -0.15) is 4.98 Å². The van der Waals surface area contributed by atoms with Crippen molar-refractivity contribution < 1.29 is 18.8 Å². The average molecular weight is 523 g/mol. The zero-order chi connectivity index (χ0) is 27.4. The van der Waals surface area contributed by atoms with Gasteiger partial charge >= 0.3 is 0 Å². The van der Waals surface area contributed by atoms with E-state index in [0.717, 1.165) is 0 Å². The Bertz CT molecular complexity index is 1510. The smallest absolute Gasteiger partial charge is 0.246 e. The highest BCUT2D eigenvalue weighted by Gasteiger charge is 2.42. The number of methoxy groups -OCH3 is 1. The number of allylic oxidation sites excluding steroid dienone is 5. The molecule has 1 aliphatic carbocycles. The van der Waals surface area contributed by atoms with Crippen molar-refractivity contribution in [2.24, 2.45) is 0 Å². The summed E-state index contributed by atoms with van der Waals surface area (Å²) in [5.41, 5.74) is 1.63. The number of anilines is 1. The molecule has 0 fully saturated rings. The average Bonchev–Trinajstić information content (AvgIpc) is 3.27. The van der Waals surface area contributed by atoms with Crippen LogP contribution in [0.25, 0.3) is 0 Å². The third-order valence-electron chi connectivity index (χ3n) is 6.63. The summed E-state index contributed by atoms with van der Waals surface area (Å²) in [5, 5.41) is 7.13. The molecule has 198 valence electrons. The van der Waals surface area contributed by atoms with Crippen LogP contribution in [0, 0.1) is 13.8 Å². The molecule has 3 aromatic rings. The van der Waals surface area contributed by atoms with Gasteiger partial charge in [0.2, 0.25) is 11.8 Å². The lowest BCUT2D eigenvalue weighted by Crippen LogP contribution is -2.39. The van der Waals surface area contributed by atoms with E-state index in [9.17, 15) is 4.79 Å². The van der Waals surface area contributed by atoms with Gasteiger partial charge in [-0.25, -0.2) is 0 Å². The number of aromatic nitrogens is 2. The fraction of sp³-hybridized carbons (Fsp3) is 0.194. The molecular formula is C31H30N4O4. The molecule has 1 aliphatic heterocycles. The number of hydrogen-bond acceptors (Lipinski definition) is 7. The van der Waals surface area contributed by atoms with Crippen LogP contribution in [0.15, 0.2) is 108 Å². The van der Waals surface area contributed by atoms with Crippen molar-refractivity contribution in [2.45, 2.75) is 25.2 Å². The SMILES string of the molecule is COc1ccc(NC(=O)C2(c3noc(C)n3)C=CC(c3ccccc3C)C=C2)cc1OC1=CN(C)C=CC=C1. The number of nitrogens with one attached hydrogen (secondary N) is 1. The molecule has 0 spiro atoms. The first-order chi connectivity index (χ1) is 18.9. The summed E-state index contributed by atoms with van der Waals surface area (Å²) in [7, 11) is 3.48. The standard InChI is InChI=1S/C31H30N4O4/c1-21-9-5-6-11-26(21)23-14-16-31(17-15-23,29-32-22(2)39-34-29)30(36)33-24-12-13-27(37-4)28(19-24)38-25-10-7-8-18-35(3)20-25/h5-20,23H,1-4H3,(H,33,36). The molecule has 0 bridgehead atoms. The van der Waals surface area contributed by atoms with Gasteiger partial charge in [-0.3, -0.25) is 4.79 Å². The summed E-state index contributed by atoms with van der Waals surface area (Å²) in [6.45, 7) is 3.78. The maximum absolute atomic E-state index is 13.9. The molecule has 2 aliphatic rings. The maximum Gasteiger partial charge on any atom is 0.246 e. The Morgan fingerprint density at radius 1 is 1.08 bits per heavy atom. The number of carbonyl (C=O) groups is 1. The van der Waals surface area contributed by atoms with Crippen molar-refractivity contribution in [3.05, 3.63) is 126 Å². The van der Waals surface area contributed by atoms with Gasteiger partial charge < -0.3 is 24.2 Å². The lowest BCUT2D eigenvalue weighted by molar-refractivity contribution is -0.118. The molecule has 5 rings (SSSR count). The van der Waals surface area contributed by atoms with E-state index in [2.05, 4.69) is 34.5 Å². The summed E-state index contributed by atoms with van der Waals surface area (Å²) in [6.07, 6.45) is 17.1. The van der Waals surface area contributed by atoms with E-state index in [1.54, 1.807) is 32.2 Å². The number of ether oxygens (including phenoxy) is 2. The van der Waals surface area contributed by atoms with Crippen molar-refractivity contribution >= 4 is 11.6 Å². The van der Waals surface area contributed by atoms with E-state index in [0.29, 0.717) is 28.8 Å². The highest BCUT2D eigenvalue weighted by molar-refractivity contribution is 6.02. The van der Waals surface area contributed by atoms with Crippen molar-refractivity contribution in [3.63, 3.8) is 0 Å². The fourth-order valence-electron chi connectivity index (χ4n) is 4.55. The monoisotopic (exact) mass is 522 g/mol. The highest BCUT2D eigenvalue weighted by atomic mass is 16.5. The summed E-state index contributed by atoms with van der Waals surface area (Å²) >= 11 is 0. The van der Waals surface area contributed by atoms with Gasteiger partial charge in [0.25, 0.3) is 0 Å². The second-order valence-corrected chi connectivity index (χ2v) is 9.43. The van der Waals surface area contributed by atoms with Gasteiger partial charge in [0, 0.05) is 44.0 Å². The maximum atomic E-state index is 13.9. The molecule has 0 unspecified atom stereocenters. The largest absolute Gasteiger partial charge is 0.493 e. The molecule has 0 saturated heterocycles. The number of hydrogen-bond donors (Lipinski definition) is 1. The predicted octanol–water partition coefficient (Wildman–Crippen LogP) is 5.72. The fourth-order valence-corrected chi connectivity index (χ4v) is 4.55. The molecular weight excluding hydrogens is 492 g/mol. The summed E-state index contributed by atoms with van der Waals surface area (Å²) in [5.74, 6) is 1.95. The Morgan fingerprint density at radius 3 is 2.59 bits per heavy atom. The molecule has 1 N–H and O–H groups in total. The van der Waals surface area contributed by atoms with Gasteiger partial charge in [-0.1, -0.05) is 59.8 Å². The van der Waals surface area contributed by atoms with Crippen LogP contribution in [-0.2, 0) is 10.2 Å². The molecule has 39 heavy (non-hydrogen) atoms. The van der Waals surface area contributed by atoms with E-state index < -0.39 is 5.41 Å². The lowest BCUT2D eigenvalue weighted by Gasteiger charge is -2.27. The third kappa shape index (κ3) is 5.40. The number of aryl methyl sites for hydroxylation is 2. The van der Waals surface area contributed by atoms with Crippen LogP contribution in [0.3, 0.4) is 0 Å². The van der Waals surface area contributed by atoms with E-state index in [4.69, 9.17) is 14.0 Å². The van der Waals surface area contributed by atoms with Crippen molar-refractivity contribution in [2.75, 3.05) is 19.5 Å².